The molecular formula is C16H16N2O2. The average Bonchev–Trinajstić information content (AvgIpc) is 2.41. The second-order valence-corrected chi connectivity index (χ2v) is 4.51. The highest BCUT2D eigenvalue weighted by molar-refractivity contribution is 5.93. The number of primary amides is 1. The number of hydrogen-bond donors (Lipinski definition) is 2. The van der Waals surface area contributed by atoms with Crippen molar-refractivity contribution in [2.75, 3.05) is 5.32 Å². The zero-order valence-corrected chi connectivity index (χ0v) is 11.0. The highest BCUT2D eigenvalue weighted by Crippen LogP contribution is 2.16. The largest absolute Gasteiger partial charge is 0.369 e. The Bertz CT molecular complexity index is 609. The summed E-state index contributed by atoms with van der Waals surface area (Å²) in [6.07, 6.45) is 0.410. The van der Waals surface area contributed by atoms with E-state index in [-0.39, 0.29) is 12.3 Å². The first-order chi connectivity index (χ1) is 9.65. The lowest BCUT2D eigenvalue weighted by Gasteiger charge is -2.10. The molecule has 0 fully saturated rings. The van der Waals surface area contributed by atoms with Crippen molar-refractivity contribution in [1.29, 1.82) is 0 Å². The number of carbonyl (C=O) groups excluding carboxylic acids is 2. The van der Waals surface area contributed by atoms with Gasteiger partial charge in [-0.25, -0.2) is 0 Å². The van der Waals surface area contributed by atoms with Gasteiger partial charge < -0.3 is 11.1 Å². The van der Waals surface area contributed by atoms with E-state index in [9.17, 15) is 9.59 Å². The number of amides is 2. The molecule has 0 aliphatic carbocycles. The standard InChI is InChI=1S/C16H16N2O2/c17-15(19)11-13-8-4-5-9-14(13)18-16(20)10-12-6-2-1-3-7-12/h1-9H,10-11H2,(H2,17,19)(H,18,20). The van der Waals surface area contributed by atoms with Gasteiger partial charge in [0.1, 0.15) is 0 Å². The van der Waals surface area contributed by atoms with Gasteiger partial charge in [-0.1, -0.05) is 48.5 Å². The van der Waals surface area contributed by atoms with E-state index in [1.54, 1.807) is 12.1 Å². The third-order valence-corrected chi connectivity index (χ3v) is 2.86. The molecule has 0 atom stereocenters. The highest BCUT2D eigenvalue weighted by Gasteiger charge is 2.08. The fourth-order valence-corrected chi connectivity index (χ4v) is 1.96. The van der Waals surface area contributed by atoms with Gasteiger partial charge in [0, 0.05) is 5.69 Å². The quantitative estimate of drug-likeness (QED) is 0.869. The molecule has 0 aliphatic rings. The number of nitrogens with two attached hydrogens (primary N) is 1. The van der Waals surface area contributed by atoms with E-state index in [2.05, 4.69) is 5.32 Å². The van der Waals surface area contributed by atoms with Crippen LogP contribution in [0.4, 0.5) is 5.69 Å². The highest BCUT2D eigenvalue weighted by atomic mass is 16.2. The number of nitrogens with one attached hydrogen (secondary N) is 1. The molecule has 0 aromatic heterocycles. The molecule has 0 bridgehead atoms. The summed E-state index contributed by atoms with van der Waals surface area (Å²) in [5.74, 6) is -0.539. The van der Waals surface area contributed by atoms with Crippen LogP contribution in [0.1, 0.15) is 11.1 Å². The summed E-state index contributed by atoms with van der Waals surface area (Å²) in [7, 11) is 0. The van der Waals surface area contributed by atoms with Crippen LogP contribution in [0.2, 0.25) is 0 Å². The minimum atomic E-state index is -0.422. The van der Waals surface area contributed by atoms with Gasteiger partial charge in [0.2, 0.25) is 11.8 Å². The number of hydrogen-bond acceptors (Lipinski definition) is 2. The van der Waals surface area contributed by atoms with Gasteiger partial charge in [0.05, 0.1) is 12.8 Å². The van der Waals surface area contributed by atoms with Crippen molar-refractivity contribution in [2.24, 2.45) is 5.73 Å². The van der Waals surface area contributed by atoms with Gasteiger partial charge >= 0.3 is 0 Å². The van der Waals surface area contributed by atoms with Gasteiger partial charge in [-0.15, -0.1) is 0 Å². The Kier molecular flexibility index (Phi) is 4.50. The van der Waals surface area contributed by atoms with Crippen LogP contribution in [0.3, 0.4) is 0 Å². The van der Waals surface area contributed by atoms with E-state index in [4.69, 9.17) is 5.73 Å². The van der Waals surface area contributed by atoms with Crippen LogP contribution in [0, 0.1) is 0 Å². The third kappa shape index (κ3) is 3.95. The number of carbonyl (C=O) groups is 2. The molecule has 0 heterocycles. The Labute approximate surface area is 117 Å². The molecule has 0 aliphatic heterocycles. The van der Waals surface area contributed by atoms with Crippen LogP contribution in [0.5, 0.6) is 0 Å². The van der Waals surface area contributed by atoms with Crippen molar-refractivity contribution < 1.29 is 9.59 Å². The molecule has 20 heavy (non-hydrogen) atoms. The number of rotatable bonds is 5. The normalized spacial score (nSPS) is 10.0. The summed E-state index contributed by atoms with van der Waals surface area (Å²) < 4.78 is 0. The Hall–Kier alpha value is -2.62. The van der Waals surface area contributed by atoms with E-state index in [1.165, 1.54) is 0 Å². The first-order valence-corrected chi connectivity index (χ1v) is 6.35. The van der Waals surface area contributed by atoms with Crippen LogP contribution in [0.25, 0.3) is 0 Å². The molecule has 0 radical (unpaired) electrons. The summed E-state index contributed by atoms with van der Waals surface area (Å²) in [6.45, 7) is 0. The molecular weight excluding hydrogens is 252 g/mol. The maximum Gasteiger partial charge on any atom is 0.228 e. The maximum atomic E-state index is 12.0. The summed E-state index contributed by atoms with van der Waals surface area (Å²) in [5.41, 5.74) is 7.49. The van der Waals surface area contributed by atoms with Crippen molar-refractivity contribution in [3.8, 4) is 0 Å². The van der Waals surface area contributed by atoms with Crippen LogP contribution in [-0.2, 0) is 22.4 Å². The molecule has 0 saturated heterocycles. The first-order valence-electron chi connectivity index (χ1n) is 6.35. The second-order valence-electron chi connectivity index (χ2n) is 4.51. The molecule has 2 amide bonds. The van der Waals surface area contributed by atoms with Gasteiger partial charge in [-0.05, 0) is 17.2 Å². The van der Waals surface area contributed by atoms with Crippen molar-refractivity contribution in [3.05, 3.63) is 65.7 Å². The van der Waals surface area contributed by atoms with Crippen LogP contribution in [-0.4, -0.2) is 11.8 Å². The molecule has 0 spiro atoms. The lowest BCUT2D eigenvalue weighted by atomic mass is 10.1. The van der Waals surface area contributed by atoms with E-state index < -0.39 is 5.91 Å². The SMILES string of the molecule is NC(=O)Cc1ccccc1NC(=O)Cc1ccccc1. The zero-order valence-electron chi connectivity index (χ0n) is 11.0. The lowest BCUT2D eigenvalue weighted by molar-refractivity contribution is -0.117. The number of para-hydroxylation sites is 1. The predicted octanol–water partition coefficient (Wildman–Crippen LogP) is 1.90. The maximum absolute atomic E-state index is 12.0. The van der Waals surface area contributed by atoms with E-state index in [0.717, 1.165) is 11.1 Å². The minimum absolute atomic E-state index is 0.113. The summed E-state index contributed by atoms with van der Waals surface area (Å²) >= 11 is 0. The Balaban J connectivity index is 2.06. The van der Waals surface area contributed by atoms with Crippen molar-refractivity contribution in [2.45, 2.75) is 12.8 Å². The molecule has 4 heteroatoms. The number of benzene rings is 2. The van der Waals surface area contributed by atoms with Gasteiger partial charge in [-0.3, -0.25) is 9.59 Å². The van der Waals surface area contributed by atoms with Crippen LogP contribution >= 0.6 is 0 Å². The summed E-state index contributed by atoms with van der Waals surface area (Å²) in [5, 5.41) is 2.82. The second kappa shape index (κ2) is 6.52. The average molecular weight is 268 g/mol. The Morgan fingerprint density at radius 2 is 1.55 bits per heavy atom. The molecule has 2 aromatic carbocycles. The molecule has 0 unspecified atom stereocenters. The van der Waals surface area contributed by atoms with Crippen molar-refractivity contribution in [1.82, 2.24) is 0 Å². The molecule has 3 N–H and O–H groups in total. The topological polar surface area (TPSA) is 72.2 Å². The fourth-order valence-electron chi connectivity index (χ4n) is 1.96. The molecule has 4 nitrogen and oxygen atoms in total. The number of anilines is 1. The van der Waals surface area contributed by atoms with Crippen LogP contribution in [0.15, 0.2) is 54.6 Å². The van der Waals surface area contributed by atoms with Crippen molar-refractivity contribution >= 4 is 17.5 Å². The van der Waals surface area contributed by atoms with E-state index in [0.29, 0.717) is 12.1 Å². The van der Waals surface area contributed by atoms with Crippen LogP contribution < -0.4 is 11.1 Å². The smallest absolute Gasteiger partial charge is 0.228 e. The van der Waals surface area contributed by atoms with Gasteiger partial charge in [0.15, 0.2) is 0 Å². The molecule has 102 valence electrons. The lowest BCUT2D eigenvalue weighted by Crippen LogP contribution is -2.18. The Morgan fingerprint density at radius 3 is 2.25 bits per heavy atom. The predicted molar refractivity (Wildman–Crippen MR) is 78.1 cm³/mol. The van der Waals surface area contributed by atoms with E-state index in [1.807, 2.05) is 42.5 Å². The monoisotopic (exact) mass is 268 g/mol. The summed E-state index contributed by atoms with van der Waals surface area (Å²) in [6, 6.07) is 16.7. The fraction of sp³-hybridized carbons (Fsp3) is 0.125. The third-order valence-electron chi connectivity index (χ3n) is 2.86. The van der Waals surface area contributed by atoms with Gasteiger partial charge in [0.25, 0.3) is 0 Å². The van der Waals surface area contributed by atoms with Gasteiger partial charge in [-0.2, -0.15) is 0 Å². The molecule has 2 aromatic rings. The molecule has 0 saturated carbocycles. The van der Waals surface area contributed by atoms with Crippen molar-refractivity contribution in [3.63, 3.8) is 0 Å². The first kappa shape index (κ1) is 13.8. The minimum Gasteiger partial charge on any atom is -0.369 e. The zero-order chi connectivity index (χ0) is 14.4. The molecule has 2 rings (SSSR count). The Morgan fingerprint density at radius 1 is 0.900 bits per heavy atom. The van der Waals surface area contributed by atoms with E-state index >= 15 is 0 Å². The summed E-state index contributed by atoms with van der Waals surface area (Å²) in [4.78, 5) is 23.0.